The summed E-state index contributed by atoms with van der Waals surface area (Å²) in [5.74, 6) is 1.79. The number of nitrogens with zero attached hydrogens (tertiary/aromatic N) is 2. The number of halogens is 1. The first-order chi connectivity index (χ1) is 9.74. The topological polar surface area (TPSA) is 74.2 Å². The van der Waals surface area contributed by atoms with Crippen LogP contribution in [0, 0.1) is 0 Å². The summed E-state index contributed by atoms with van der Waals surface area (Å²) in [7, 11) is 1.59. The maximum Gasteiger partial charge on any atom is 0.226 e. The summed E-state index contributed by atoms with van der Waals surface area (Å²) >= 11 is 5.93. The number of aromatic nitrogens is 2. The van der Waals surface area contributed by atoms with Gasteiger partial charge in [-0.25, -0.2) is 0 Å². The molecule has 0 fully saturated rings. The Balaban J connectivity index is 2.08. The summed E-state index contributed by atoms with van der Waals surface area (Å²) in [4.78, 5) is 4.38. The Morgan fingerprint density at radius 1 is 1.30 bits per heavy atom. The number of ether oxygens (including phenoxy) is 1. The molecule has 0 aliphatic carbocycles. The summed E-state index contributed by atoms with van der Waals surface area (Å²) in [6.45, 7) is 0.719. The Labute approximate surface area is 123 Å². The van der Waals surface area contributed by atoms with Crippen LogP contribution in [0.4, 0.5) is 0 Å². The predicted molar refractivity (Wildman–Crippen MR) is 77.9 cm³/mol. The lowest BCUT2D eigenvalue weighted by atomic mass is 10.2. The van der Waals surface area contributed by atoms with E-state index in [1.54, 1.807) is 19.2 Å². The van der Waals surface area contributed by atoms with Crippen LogP contribution in [0.5, 0.6) is 5.75 Å². The van der Waals surface area contributed by atoms with Crippen molar-refractivity contribution in [1.29, 1.82) is 0 Å². The van der Waals surface area contributed by atoms with E-state index in [2.05, 4.69) is 10.1 Å². The van der Waals surface area contributed by atoms with E-state index >= 15 is 0 Å². The summed E-state index contributed by atoms with van der Waals surface area (Å²) in [5, 5.41) is 4.60. The molecular weight excluding hydrogens is 278 g/mol. The van der Waals surface area contributed by atoms with Gasteiger partial charge in [0.2, 0.25) is 11.7 Å². The second kappa shape index (κ2) is 7.26. The van der Waals surface area contributed by atoms with Gasteiger partial charge in [0.15, 0.2) is 0 Å². The van der Waals surface area contributed by atoms with Crippen molar-refractivity contribution in [3.05, 3.63) is 29.1 Å². The van der Waals surface area contributed by atoms with Crippen LogP contribution in [-0.4, -0.2) is 23.8 Å². The van der Waals surface area contributed by atoms with Crippen LogP contribution in [0.15, 0.2) is 22.7 Å². The van der Waals surface area contributed by atoms with E-state index < -0.39 is 0 Å². The molecule has 0 bridgehead atoms. The molecule has 0 unspecified atom stereocenters. The standard InChI is InChI=1S/C14H18ClN3O2/c1-19-12-9-10(15)6-7-11(12)14-17-13(20-18-14)5-3-2-4-8-16/h6-7,9H,2-5,8,16H2,1H3. The smallest absolute Gasteiger partial charge is 0.226 e. The van der Waals surface area contributed by atoms with Gasteiger partial charge in [-0.3, -0.25) is 0 Å². The zero-order valence-electron chi connectivity index (χ0n) is 11.4. The Hall–Kier alpha value is -1.59. The molecule has 1 aromatic heterocycles. The van der Waals surface area contributed by atoms with E-state index in [-0.39, 0.29) is 0 Å². The lowest BCUT2D eigenvalue weighted by Gasteiger charge is -2.04. The molecule has 0 amide bonds. The molecule has 20 heavy (non-hydrogen) atoms. The molecule has 1 heterocycles. The molecule has 2 N–H and O–H groups in total. The van der Waals surface area contributed by atoms with E-state index in [0.717, 1.165) is 37.8 Å². The van der Waals surface area contributed by atoms with Crippen LogP contribution in [0.2, 0.25) is 5.02 Å². The van der Waals surface area contributed by atoms with Crippen molar-refractivity contribution < 1.29 is 9.26 Å². The summed E-state index contributed by atoms with van der Waals surface area (Å²) in [5.41, 5.74) is 6.23. The van der Waals surface area contributed by atoms with Gasteiger partial charge in [-0.05, 0) is 37.6 Å². The van der Waals surface area contributed by atoms with Gasteiger partial charge >= 0.3 is 0 Å². The Morgan fingerprint density at radius 3 is 2.90 bits per heavy atom. The minimum Gasteiger partial charge on any atom is -0.496 e. The second-order valence-corrected chi connectivity index (χ2v) is 4.89. The van der Waals surface area contributed by atoms with Crippen molar-refractivity contribution in [3.8, 4) is 17.1 Å². The average molecular weight is 296 g/mol. The number of hydrogen-bond donors (Lipinski definition) is 1. The largest absolute Gasteiger partial charge is 0.496 e. The van der Waals surface area contributed by atoms with Crippen molar-refractivity contribution in [2.45, 2.75) is 25.7 Å². The monoisotopic (exact) mass is 295 g/mol. The number of aryl methyl sites for hydroxylation is 1. The quantitative estimate of drug-likeness (QED) is 0.795. The fourth-order valence-corrected chi connectivity index (χ4v) is 2.08. The van der Waals surface area contributed by atoms with E-state index in [9.17, 15) is 0 Å². The van der Waals surface area contributed by atoms with E-state index in [4.69, 9.17) is 26.6 Å². The minimum absolute atomic E-state index is 0.521. The van der Waals surface area contributed by atoms with Crippen LogP contribution >= 0.6 is 11.6 Å². The van der Waals surface area contributed by atoms with Crippen LogP contribution in [0.1, 0.15) is 25.2 Å². The Bertz CT molecular complexity index is 557. The zero-order chi connectivity index (χ0) is 14.4. The highest BCUT2D eigenvalue weighted by Gasteiger charge is 2.13. The molecule has 0 atom stereocenters. The van der Waals surface area contributed by atoms with Crippen molar-refractivity contribution in [2.24, 2.45) is 5.73 Å². The minimum atomic E-state index is 0.521. The molecule has 0 radical (unpaired) electrons. The second-order valence-electron chi connectivity index (χ2n) is 4.46. The molecule has 5 nitrogen and oxygen atoms in total. The van der Waals surface area contributed by atoms with Crippen molar-refractivity contribution >= 4 is 11.6 Å². The molecule has 6 heteroatoms. The van der Waals surface area contributed by atoms with Gasteiger partial charge in [-0.2, -0.15) is 4.98 Å². The molecule has 1 aromatic carbocycles. The normalized spacial score (nSPS) is 10.8. The van der Waals surface area contributed by atoms with Crippen molar-refractivity contribution in [1.82, 2.24) is 10.1 Å². The highest BCUT2D eigenvalue weighted by atomic mass is 35.5. The van der Waals surface area contributed by atoms with E-state index in [0.29, 0.717) is 22.5 Å². The summed E-state index contributed by atoms with van der Waals surface area (Å²) in [6, 6.07) is 5.33. The maximum atomic E-state index is 5.93. The molecule has 0 aliphatic heterocycles. The van der Waals surface area contributed by atoms with Crippen LogP contribution in [0.3, 0.4) is 0 Å². The highest BCUT2D eigenvalue weighted by molar-refractivity contribution is 6.30. The van der Waals surface area contributed by atoms with Gasteiger partial charge in [-0.15, -0.1) is 0 Å². The third-order valence-corrected chi connectivity index (χ3v) is 3.20. The number of benzene rings is 1. The molecule has 0 saturated heterocycles. The zero-order valence-corrected chi connectivity index (χ0v) is 12.2. The summed E-state index contributed by atoms with van der Waals surface area (Å²) < 4.78 is 10.5. The molecule has 0 saturated carbocycles. The fraction of sp³-hybridized carbons (Fsp3) is 0.429. The SMILES string of the molecule is COc1cc(Cl)ccc1-c1noc(CCCCCN)n1. The van der Waals surface area contributed by atoms with Gasteiger partial charge in [0, 0.05) is 11.4 Å². The third kappa shape index (κ3) is 3.71. The molecule has 2 aromatic rings. The van der Waals surface area contributed by atoms with E-state index in [1.807, 2.05) is 6.07 Å². The van der Waals surface area contributed by atoms with Gasteiger partial charge in [-0.1, -0.05) is 23.2 Å². The third-order valence-electron chi connectivity index (χ3n) is 2.97. The molecule has 0 spiro atoms. The first-order valence-corrected chi connectivity index (χ1v) is 6.99. The van der Waals surface area contributed by atoms with Crippen molar-refractivity contribution in [3.63, 3.8) is 0 Å². The van der Waals surface area contributed by atoms with E-state index in [1.165, 1.54) is 0 Å². The predicted octanol–water partition coefficient (Wildman–Crippen LogP) is 3.07. The fourth-order valence-electron chi connectivity index (χ4n) is 1.91. The number of unbranched alkanes of at least 4 members (excludes halogenated alkanes) is 2. The lowest BCUT2D eigenvalue weighted by Crippen LogP contribution is -1.98. The van der Waals surface area contributed by atoms with Crippen LogP contribution in [-0.2, 0) is 6.42 Å². The molecule has 108 valence electrons. The molecular formula is C14H18ClN3O2. The number of rotatable bonds is 7. The number of nitrogens with two attached hydrogens (primary N) is 1. The van der Waals surface area contributed by atoms with Crippen LogP contribution in [0.25, 0.3) is 11.4 Å². The molecule has 0 aliphatic rings. The highest BCUT2D eigenvalue weighted by Crippen LogP contribution is 2.30. The lowest BCUT2D eigenvalue weighted by molar-refractivity contribution is 0.373. The Morgan fingerprint density at radius 2 is 2.15 bits per heavy atom. The van der Waals surface area contributed by atoms with Gasteiger partial charge in [0.25, 0.3) is 0 Å². The van der Waals surface area contributed by atoms with Gasteiger partial charge in [0.05, 0.1) is 12.7 Å². The maximum absolute atomic E-state index is 5.93. The van der Waals surface area contributed by atoms with Crippen LogP contribution < -0.4 is 10.5 Å². The first kappa shape index (κ1) is 14.8. The number of methoxy groups -OCH3 is 1. The van der Waals surface area contributed by atoms with Gasteiger partial charge in [0.1, 0.15) is 5.75 Å². The summed E-state index contributed by atoms with van der Waals surface area (Å²) in [6.07, 6.45) is 3.85. The molecule has 2 rings (SSSR count). The Kier molecular flexibility index (Phi) is 5.38. The van der Waals surface area contributed by atoms with Crippen molar-refractivity contribution in [2.75, 3.05) is 13.7 Å². The number of hydrogen-bond acceptors (Lipinski definition) is 5. The average Bonchev–Trinajstić information content (AvgIpc) is 2.92. The first-order valence-electron chi connectivity index (χ1n) is 6.61. The van der Waals surface area contributed by atoms with Gasteiger partial charge < -0.3 is 15.0 Å².